The average molecular weight is 574 g/mol. The summed E-state index contributed by atoms with van der Waals surface area (Å²) in [4.78, 5) is 61.3. The van der Waals surface area contributed by atoms with E-state index in [-0.39, 0.29) is 61.6 Å². The van der Waals surface area contributed by atoms with Gasteiger partial charge in [-0.25, -0.2) is 4.79 Å². The van der Waals surface area contributed by atoms with E-state index in [1.807, 2.05) is 26.8 Å². The summed E-state index contributed by atoms with van der Waals surface area (Å²) >= 11 is 0. The van der Waals surface area contributed by atoms with Crippen molar-refractivity contribution < 1.29 is 44.0 Å². The number of Topliss-reactive ketones (excluding diaryl/α,β-unsaturated/α-hetero) is 1. The number of aliphatic hydroxyl groups is 2. The van der Waals surface area contributed by atoms with Crippen LogP contribution in [0.15, 0.2) is 23.8 Å². The van der Waals surface area contributed by atoms with E-state index in [9.17, 15) is 39.3 Å². The summed E-state index contributed by atoms with van der Waals surface area (Å²) < 4.78 is 5.15. The van der Waals surface area contributed by atoms with E-state index in [1.54, 1.807) is 12.2 Å². The van der Waals surface area contributed by atoms with Gasteiger partial charge in [0.2, 0.25) is 11.7 Å². The standard InChI is InChI=1S/C31H43NO9/c1-17(2)13-22(28(38)39)32-25(36)7-8-26(37)41-16-24(35)31(40)12-10-21-20-6-5-18-14-19(33)9-11-29(18,3)27(20)23(34)15-30(21,31)4/h9,11,14,17,20-23,27,34,40H,5-8,10,12-13,15-16H2,1-4H3,(H,32,36)(H,38,39). The normalized spacial score (nSPS) is 36.5. The monoisotopic (exact) mass is 573 g/mol. The molecule has 41 heavy (non-hydrogen) atoms. The first-order chi connectivity index (χ1) is 19.1. The molecule has 3 saturated carbocycles. The third-order valence-corrected chi connectivity index (χ3v) is 10.4. The number of aliphatic carboxylic acids is 1. The molecule has 8 unspecified atom stereocenters. The van der Waals surface area contributed by atoms with E-state index in [2.05, 4.69) is 12.2 Å². The maximum absolute atomic E-state index is 13.4. The maximum atomic E-state index is 13.4. The molecular formula is C31H43NO9. The number of aliphatic hydroxyl groups excluding tert-OH is 1. The van der Waals surface area contributed by atoms with Crippen molar-refractivity contribution in [3.05, 3.63) is 23.8 Å². The highest BCUT2D eigenvalue weighted by Crippen LogP contribution is 2.67. The molecule has 8 atom stereocenters. The first-order valence-electron chi connectivity index (χ1n) is 14.7. The second-order valence-electron chi connectivity index (χ2n) is 13.3. The van der Waals surface area contributed by atoms with Crippen molar-refractivity contribution in [3.8, 4) is 0 Å². The Kier molecular flexibility index (Phi) is 8.67. The molecule has 0 aromatic rings. The summed E-state index contributed by atoms with van der Waals surface area (Å²) in [5.74, 6) is -3.27. The Morgan fingerprint density at radius 1 is 1.15 bits per heavy atom. The van der Waals surface area contributed by atoms with Crippen LogP contribution in [-0.4, -0.2) is 69.1 Å². The van der Waals surface area contributed by atoms with Gasteiger partial charge in [-0.3, -0.25) is 19.2 Å². The molecule has 1 amide bonds. The number of carboxylic acids is 1. The number of ether oxygens (including phenoxy) is 1. The smallest absolute Gasteiger partial charge is 0.326 e. The van der Waals surface area contributed by atoms with Crippen molar-refractivity contribution >= 4 is 29.4 Å². The number of hydrogen-bond donors (Lipinski definition) is 4. The molecule has 10 heteroatoms. The Bertz CT molecular complexity index is 1170. The second-order valence-corrected chi connectivity index (χ2v) is 13.3. The first kappa shape index (κ1) is 31.1. The Labute approximate surface area is 240 Å². The topological polar surface area (TPSA) is 167 Å². The molecule has 4 aliphatic rings. The zero-order valence-electron chi connectivity index (χ0n) is 24.4. The van der Waals surface area contributed by atoms with E-state index in [0.717, 1.165) is 18.4 Å². The molecule has 0 heterocycles. The number of carbonyl (C=O) groups is 5. The van der Waals surface area contributed by atoms with Crippen LogP contribution in [0.4, 0.5) is 0 Å². The van der Waals surface area contributed by atoms with Crippen molar-refractivity contribution in [2.24, 2.45) is 34.5 Å². The fourth-order valence-electron chi connectivity index (χ4n) is 8.30. The summed E-state index contributed by atoms with van der Waals surface area (Å²) in [6.07, 6.45) is 6.46. The molecule has 10 nitrogen and oxygen atoms in total. The van der Waals surface area contributed by atoms with Crippen molar-refractivity contribution in [3.63, 3.8) is 0 Å². The van der Waals surface area contributed by atoms with Crippen LogP contribution in [0.1, 0.15) is 79.1 Å². The van der Waals surface area contributed by atoms with E-state index in [1.165, 1.54) is 0 Å². The van der Waals surface area contributed by atoms with Gasteiger partial charge < -0.3 is 25.4 Å². The molecule has 226 valence electrons. The SMILES string of the molecule is CC(C)CC(NC(=O)CCC(=O)OCC(=O)C1(O)CCC2C3CCC4=CC(=O)C=CC4(C)C3C(O)CC21C)C(=O)O. The minimum absolute atomic E-state index is 0.0262. The average Bonchev–Trinajstić information content (AvgIpc) is 3.16. The quantitative estimate of drug-likeness (QED) is 0.287. The summed E-state index contributed by atoms with van der Waals surface area (Å²) in [6, 6.07) is -1.05. The zero-order valence-corrected chi connectivity index (χ0v) is 24.4. The number of fused-ring (bicyclic) bond motifs is 5. The van der Waals surface area contributed by atoms with Gasteiger partial charge in [0.15, 0.2) is 12.4 Å². The highest BCUT2D eigenvalue weighted by atomic mass is 16.5. The first-order valence-corrected chi connectivity index (χ1v) is 14.7. The lowest BCUT2D eigenvalue weighted by Gasteiger charge is -2.59. The summed E-state index contributed by atoms with van der Waals surface area (Å²) in [6.45, 7) is 6.93. The number of rotatable bonds is 10. The molecule has 0 aromatic heterocycles. The predicted molar refractivity (Wildman–Crippen MR) is 147 cm³/mol. The number of hydrogen-bond acceptors (Lipinski definition) is 8. The van der Waals surface area contributed by atoms with Crippen LogP contribution in [0, 0.1) is 34.5 Å². The Morgan fingerprint density at radius 2 is 1.85 bits per heavy atom. The molecule has 3 fully saturated rings. The maximum Gasteiger partial charge on any atom is 0.326 e. The fourth-order valence-corrected chi connectivity index (χ4v) is 8.30. The fraction of sp³-hybridized carbons (Fsp3) is 0.710. The van der Waals surface area contributed by atoms with Crippen molar-refractivity contribution in [1.29, 1.82) is 0 Å². The van der Waals surface area contributed by atoms with Gasteiger partial charge in [0.05, 0.1) is 12.5 Å². The second kappa shape index (κ2) is 11.4. The number of amides is 1. The zero-order chi connectivity index (χ0) is 30.3. The highest BCUT2D eigenvalue weighted by molar-refractivity contribution is 6.01. The van der Waals surface area contributed by atoms with E-state index < -0.39 is 58.8 Å². The van der Waals surface area contributed by atoms with E-state index in [0.29, 0.717) is 6.42 Å². The number of allylic oxidation sites excluding steroid dienone is 4. The lowest BCUT2D eigenvalue weighted by Crippen LogP contribution is -2.61. The summed E-state index contributed by atoms with van der Waals surface area (Å²) in [7, 11) is 0. The highest BCUT2D eigenvalue weighted by Gasteiger charge is 2.68. The molecular weight excluding hydrogens is 530 g/mol. The third-order valence-electron chi connectivity index (χ3n) is 10.4. The van der Waals surface area contributed by atoms with Crippen LogP contribution in [0.3, 0.4) is 0 Å². The van der Waals surface area contributed by atoms with Gasteiger partial charge in [0, 0.05) is 23.2 Å². The Balaban J connectivity index is 1.36. The van der Waals surface area contributed by atoms with Gasteiger partial charge in [-0.1, -0.05) is 39.3 Å². The van der Waals surface area contributed by atoms with E-state index >= 15 is 0 Å². The number of esters is 1. The minimum Gasteiger partial charge on any atom is -0.480 e. The third kappa shape index (κ3) is 5.65. The molecule has 0 bridgehead atoms. The molecule has 4 aliphatic carbocycles. The number of carboxylic acid groups (broad SMARTS) is 1. The molecule has 0 aromatic carbocycles. The summed E-state index contributed by atoms with van der Waals surface area (Å²) in [5, 5.41) is 34.9. The van der Waals surface area contributed by atoms with Crippen LogP contribution >= 0.6 is 0 Å². The molecule has 4 rings (SSSR count). The molecule has 0 spiro atoms. The predicted octanol–water partition coefficient (Wildman–Crippen LogP) is 2.50. The Hall–Kier alpha value is -2.85. The van der Waals surface area contributed by atoms with Crippen LogP contribution in [-0.2, 0) is 28.7 Å². The lowest BCUT2D eigenvalue weighted by molar-refractivity contribution is -0.181. The van der Waals surface area contributed by atoms with Gasteiger partial charge in [0.25, 0.3) is 0 Å². The van der Waals surface area contributed by atoms with Crippen molar-refractivity contribution in [1.82, 2.24) is 5.32 Å². The van der Waals surface area contributed by atoms with Crippen molar-refractivity contribution in [2.45, 2.75) is 96.8 Å². The van der Waals surface area contributed by atoms with Crippen LogP contribution in [0.25, 0.3) is 0 Å². The van der Waals surface area contributed by atoms with Gasteiger partial charge in [-0.05, 0) is 68.4 Å². The van der Waals surface area contributed by atoms with Crippen LogP contribution < -0.4 is 5.32 Å². The Morgan fingerprint density at radius 3 is 2.51 bits per heavy atom. The number of carbonyl (C=O) groups excluding carboxylic acids is 4. The van der Waals surface area contributed by atoms with Gasteiger partial charge in [0.1, 0.15) is 11.6 Å². The molecule has 4 N–H and O–H groups in total. The lowest BCUT2D eigenvalue weighted by atomic mass is 9.46. The van der Waals surface area contributed by atoms with Crippen LogP contribution in [0.2, 0.25) is 0 Å². The van der Waals surface area contributed by atoms with Gasteiger partial charge >= 0.3 is 11.9 Å². The number of ketones is 2. The molecule has 0 saturated heterocycles. The molecule has 0 radical (unpaired) electrons. The van der Waals surface area contributed by atoms with Crippen molar-refractivity contribution in [2.75, 3.05) is 6.61 Å². The molecule has 0 aliphatic heterocycles. The summed E-state index contributed by atoms with van der Waals surface area (Å²) in [5.41, 5.74) is -2.12. The minimum atomic E-state index is -1.78. The van der Waals surface area contributed by atoms with Gasteiger partial charge in [-0.15, -0.1) is 0 Å². The number of nitrogens with one attached hydrogen (secondary N) is 1. The van der Waals surface area contributed by atoms with Gasteiger partial charge in [-0.2, -0.15) is 0 Å². The van der Waals surface area contributed by atoms with Crippen LogP contribution in [0.5, 0.6) is 0 Å². The van der Waals surface area contributed by atoms with E-state index in [4.69, 9.17) is 4.74 Å². The largest absolute Gasteiger partial charge is 0.480 e.